The first kappa shape index (κ1) is 14.6. The molecule has 3 nitrogen and oxygen atoms in total. The van der Waals surface area contributed by atoms with Crippen molar-refractivity contribution in [2.24, 2.45) is 0 Å². The smallest absolute Gasteiger partial charge is 0.232 e. The van der Waals surface area contributed by atoms with E-state index in [1.54, 1.807) is 48.5 Å². The molecule has 0 aliphatic heterocycles. The Balaban J connectivity index is 2.05. The average molecular weight is 308 g/mol. The highest BCUT2D eigenvalue weighted by Crippen LogP contribution is 2.29. The van der Waals surface area contributed by atoms with Crippen LogP contribution < -0.4 is 5.32 Å². The number of para-hydroxylation sites is 1. The number of Topliss-reactive ketones (excluding diaryl/α,β-unsaturated/α-hetero) is 1. The number of ketones is 1. The first-order chi connectivity index (χ1) is 9.58. The van der Waals surface area contributed by atoms with E-state index in [1.165, 1.54) is 0 Å². The number of hydrogen-bond acceptors (Lipinski definition) is 2. The molecule has 0 aliphatic rings. The highest BCUT2D eigenvalue weighted by Gasteiger charge is 2.14. The van der Waals surface area contributed by atoms with Gasteiger partial charge in [0.1, 0.15) is 0 Å². The molecular formula is C15H11Cl2NO2. The summed E-state index contributed by atoms with van der Waals surface area (Å²) in [6.07, 6.45) is -0.258. The van der Waals surface area contributed by atoms with Crippen LogP contribution in [0.5, 0.6) is 0 Å². The van der Waals surface area contributed by atoms with Crippen molar-refractivity contribution in [1.82, 2.24) is 0 Å². The molecule has 0 fully saturated rings. The predicted molar refractivity (Wildman–Crippen MR) is 80.5 cm³/mol. The van der Waals surface area contributed by atoms with Crippen LogP contribution in [0.15, 0.2) is 48.5 Å². The fourth-order valence-electron chi connectivity index (χ4n) is 1.67. The number of carbonyl (C=O) groups excluding carboxylic acids is 2. The Labute approximate surface area is 126 Å². The van der Waals surface area contributed by atoms with Gasteiger partial charge in [-0.15, -0.1) is 0 Å². The van der Waals surface area contributed by atoms with Crippen molar-refractivity contribution in [3.63, 3.8) is 0 Å². The molecule has 2 aromatic carbocycles. The van der Waals surface area contributed by atoms with E-state index in [9.17, 15) is 9.59 Å². The van der Waals surface area contributed by atoms with Gasteiger partial charge in [-0.1, -0.05) is 59.6 Å². The number of amides is 1. The third kappa shape index (κ3) is 3.59. The van der Waals surface area contributed by atoms with Crippen LogP contribution in [0.1, 0.15) is 16.8 Å². The van der Waals surface area contributed by atoms with Crippen LogP contribution in [-0.2, 0) is 4.79 Å². The summed E-state index contributed by atoms with van der Waals surface area (Å²) in [6, 6.07) is 13.5. The lowest BCUT2D eigenvalue weighted by atomic mass is 10.1. The number of carbonyl (C=O) groups is 2. The minimum atomic E-state index is -0.450. The van der Waals surface area contributed by atoms with Gasteiger partial charge in [0.25, 0.3) is 0 Å². The van der Waals surface area contributed by atoms with E-state index < -0.39 is 5.91 Å². The van der Waals surface area contributed by atoms with Gasteiger partial charge in [-0.25, -0.2) is 0 Å². The maximum atomic E-state index is 11.9. The lowest BCUT2D eigenvalue weighted by Crippen LogP contribution is -2.17. The molecule has 0 bridgehead atoms. The van der Waals surface area contributed by atoms with Gasteiger partial charge >= 0.3 is 0 Å². The number of rotatable bonds is 4. The van der Waals surface area contributed by atoms with E-state index in [4.69, 9.17) is 23.2 Å². The van der Waals surface area contributed by atoms with Crippen LogP contribution >= 0.6 is 23.2 Å². The molecule has 0 saturated heterocycles. The molecule has 2 aromatic rings. The van der Waals surface area contributed by atoms with E-state index in [0.29, 0.717) is 21.3 Å². The first-order valence-electron chi connectivity index (χ1n) is 5.90. The SMILES string of the molecule is O=C(CC(=O)c1ccccc1)Nc1c(Cl)cccc1Cl. The Morgan fingerprint density at radius 1 is 0.900 bits per heavy atom. The number of hydrogen-bond donors (Lipinski definition) is 1. The lowest BCUT2D eigenvalue weighted by Gasteiger charge is -2.08. The zero-order valence-electron chi connectivity index (χ0n) is 10.4. The van der Waals surface area contributed by atoms with Crippen molar-refractivity contribution in [1.29, 1.82) is 0 Å². The zero-order chi connectivity index (χ0) is 14.5. The second kappa shape index (κ2) is 6.55. The van der Waals surface area contributed by atoms with Crippen LogP contribution in [0.2, 0.25) is 10.0 Å². The van der Waals surface area contributed by atoms with Crippen molar-refractivity contribution in [2.45, 2.75) is 6.42 Å². The normalized spacial score (nSPS) is 10.1. The van der Waals surface area contributed by atoms with Crippen LogP contribution in [-0.4, -0.2) is 11.7 Å². The first-order valence-corrected chi connectivity index (χ1v) is 6.65. The van der Waals surface area contributed by atoms with Crippen molar-refractivity contribution in [3.05, 3.63) is 64.1 Å². The number of halogens is 2. The van der Waals surface area contributed by atoms with Gasteiger partial charge < -0.3 is 5.32 Å². The summed E-state index contributed by atoms with van der Waals surface area (Å²) in [5.41, 5.74) is 0.814. The molecule has 0 spiro atoms. The molecule has 1 amide bonds. The summed E-state index contributed by atoms with van der Waals surface area (Å²) in [7, 11) is 0. The summed E-state index contributed by atoms with van der Waals surface area (Å²) in [4.78, 5) is 23.7. The monoisotopic (exact) mass is 307 g/mol. The molecule has 20 heavy (non-hydrogen) atoms. The molecule has 5 heteroatoms. The van der Waals surface area contributed by atoms with Gasteiger partial charge in [-0.2, -0.15) is 0 Å². The van der Waals surface area contributed by atoms with Gasteiger partial charge in [0.05, 0.1) is 22.2 Å². The van der Waals surface area contributed by atoms with Gasteiger partial charge in [0, 0.05) is 5.56 Å². The summed E-state index contributed by atoms with van der Waals surface area (Å²) < 4.78 is 0. The maximum Gasteiger partial charge on any atom is 0.232 e. The highest BCUT2D eigenvalue weighted by molar-refractivity contribution is 6.39. The number of anilines is 1. The Hall–Kier alpha value is -1.84. The fraction of sp³-hybridized carbons (Fsp3) is 0.0667. The van der Waals surface area contributed by atoms with Crippen molar-refractivity contribution in [2.75, 3.05) is 5.32 Å². The second-order valence-corrected chi connectivity index (χ2v) is 4.93. The highest BCUT2D eigenvalue weighted by atomic mass is 35.5. The van der Waals surface area contributed by atoms with E-state index in [1.807, 2.05) is 0 Å². The molecule has 2 rings (SSSR count). The molecule has 0 radical (unpaired) electrons. The van der Waals surface area contributed by atoms with Crippen LogP contribution in [0.4, 0.5) is 5.69 Å². The molecular weight excluding hydrogens is 297 g/mol. The number of nitrogens with one attached hydrogen (secondary N) is 1. The average Bonchev–Trinajstić information content (AvgIpc) is 2.44. The molecule has 0 atom stereocenters. The molecule has 0 unspecified atom stereocenters. The van der Waals surface area contributed by atoms with E-state index >= 15 is 0 Å². The van der Waals surface area contributed by atoms with Gasteiger partial charge in [0.15, 0.2) is 5.78 Å². The summed E-state index contributed by atoms with van der Waals surface area (Å²) >= 11 is 11.9. The lowest BCUT2D eigenvalue weighted by molar-refractivity contribution is -0.115. The Morgan fingerprint density at radius 2 is 1.50 bits per heavy atom. The van der Waals surface area contributed by atoms with Crippen LogP contribution in [0.25, 0.3) is 0 Å². The Morgan fingerprint density at radius 3 is 2.10 bits per heavy atom. The van der Waals surface area contributed by atoms with E-state index in [-0.39, 0.29) is 12.2 Å². The van der Waals surface area contributed by atoms with Crippen molar-refractivity contribution in [3.8, 4) is 0 Å². The Kier molecular flexibility index (Phi) is 4.77. The standard InChI is InChI=1S/C15H11Cl2NO2/c16-11-7-4-8-12(17)15(11)18-14(20)9-13(19)10-5-2-1-3-6-10/h1-8H,9H2,(H,18,20). The van der Waals surface area contributed by atoms with Crippen LogP contribution in [0.3, 0.4) is 0 Å². The molecule has 102 valence electrons. The van der Waals surface area contributed by atoms with Gasteiger partial charge in [0.2, 0.25) is 5.91 Å². The van der Waals surface area contributed by atoms with E-state index in [0.717, 1.165) is 0 Å². The third-order valence-corrected chi connectivity index (χ3v) is 3.27. The third-order valence-electron chi connectivity index (χ3n) is 2.64. The predicted octanol–water partition coefficient (Wildman–Crippen LogP) is 4.20. The summed E-state index contributed by atoms with van der Waals surface area (Å²) in [5, 5.41) is 3.22. The molecule has 0 saturated carbocycles. The van der Waals surface area contributed by atoms with Crippen molar-refractivity contribution >= 4 is 40.6 Å². The molecule has 1 N–H and O–H groups in total. The minimum absolute atomic E-state index is 0.258. The molecule has 0 heterocycles. The van der Waals surface area contributed by atoms with Crippen LogP contribution in [0, 0.1) is 0 Å². The fourth-order valence-corrected chi connectivity index (χ4v) is 2.16. The van der Waals surface area contributed by atoms with E-state index in [2.05, 4.69) is 5.32 Å². The summed E-state index contributed by atoms with van der Waals surface area (Å²) in [5.74, 6) is -0.708. The largest absolute Gasteiger partial charge is 0.323 e. The topological polar surface area (TPSA) is 46.2 Å². The Bertz CT molecular complexity index is 621. The quantitative estimate of drug-likeness (QED) is 0.679. The molecule has 0 aliphatic carbocycles. The minimum Gasteiger partial charge on any atom is -0.323 e. The maximum absolute atomic E-state index is 11.9. The second-order valence-electron chi connectivity index (χ2n) is 4.11. The van der Waals surface area contributed by atoms with Gasteiger partial charge in [-0.05, 0) is 12.1 Å². The zero-order valence-corrected chi connectivity index (χ0v) is 11.9. The summed E-state index contributed by atoms with van der Waals surface area (Å²) in [6.45, 7) is 0. The van der Waals surface area contributed by atoms with Gasteiger partial charge in [-0.3, -0.25) is 9.59 Å². The molecule has 0 aromatic heterocycles. The number of benzene rings is 2. The van der Waals surface area contributed by atoms with Crippen molar-refractivity contribution < 1.29 is 9.59 Å².